The zero-order chi connectivity index (χ0) is 28.0. The number of anilines is 3. The van der Waals surface area contributed by atoms with Crippen LogP contribution < -0.4 is 16.0 Å². The van der Waals surface area contributed by atoms with E-state index in [2.05, 4.69) is 43.8 Å². The molecule has 41 heavy (non-hydrogen) atoms. The van der Waals surface area contributed by atoms with E-state index in [-0.39, 0.29) is 17.9 Å². The first-order valence-electron chi connectivity index (χ1n) is 14.7. The minimum absolute atomic E-state index is 0.173. The van der Waals surface area contributed by atoms with Crippen LogP contribution in [0.5, 0.6) is 0 Å². The largest absolute Gasteiger partial charge is 0.393 e. The van der Waals surface area contributed by atoms with Gasteiger partial charge in [0.1, 0.15) is 11.5 Å². The summed E-state index contributed by atoms with van der Waals surface area (Å²) in [4.78, 5) is 26.3. The summed E-state index contributed by atoms with van der Waals surface area (Å²) in [5.74, 6) is 8.33. The van der Waals surface area contributed by atoms with E-state index >= 15 is 0 Å². The number of hydrogen-bond acceptors (Lipinski definition) is 8. The molecule has 3 aromatic rings. The summed E-state index contributed by atoms with van der Waals surface area (Å²) in [6.45, 7) is 1.79. The van der Waals surface area contributed by atoms with Crippen molar-refractivity contribution in [1.29, 1.82) is 0 Å². The van der Waals surface area contributed by atoms with Crippen molar-refractivity contribution in [3.05, 3.63) is 77.3 Å². The quantitative estimate of drug-likeness (QED) is 0.228. The van der Waals surface area contributed by atoms with Crippen LogP contribution in [-0.2, 0) is 0 Å². The molecule has 1 aliphatic heterocycles. The molecule has 1 aromatic carbocycles. The van der Waals surface area contributed by atoms with E-state index < -0.39 is 0 Å². The van der Waals surface area contributed by atoms with Crippen LogP contribution in [0, 0.1) is 17.8 Å². The van der Waals surface area contributed by atoms with E-state index in [1.165, 1.54) is 5.57 Å². The van der Waals surface area contributed by atoms with E-state index in [1.54, 1.807) is 18.3 Å². The maximum Gasteiger partial charge on any atom is 0.229 e. The molecule has 0 unspecified atom stereocenters. The summed E-state index contributed by atoms with van der Waals surface area (Å²) < 4.78 is 0. The van der Waals surface area contributed by atoms with Crippen molar-refractivity contribution in [2.45, 2.75) is 63.5 Å². The van der Waals surface area contributed by atoms with E-state index in [9.17, 15) is 9.90 Å². The second-order valence-electron chi connectivity index (χ2n) is 11.2. The SMILES string of the molecule is O=C(CC1CC1)c1ccnc(C#Cc2ccc(Nc3ncc(C4=CCNCC4)c(NC4CCC(O)CC4)n3)cc2)c1. The minimum atomic E-state index is -0.197. The zero-order valence-corrected chi connectivity index (χ0v) is 23.2. The van der Waals surface area contributed by atoms with Crippen molar-refractivity contribution in [1.82, 2.24) is 20.3 Å². The van der Waals surface area contributed by atoms with Crippen LogP contribution in [0.3, 0.4) is 0 Å². The number of ketones is 1. The van der Waals surface area contributed by atoms with Crippen LogP contribution in [0.2, 0.25) is 0 Å². The molecule has 0 saturated heterocycles. The van der Waals surface area contributed by atoms with Gasteiger partial charge in [0, 0.05) is 53.8 Å². The number of carbonyl (C=O) groups is 1. The highest BCUT2D eigenvalue weighted by Crippen LogP contribution is 2.33. The molecule has 0 radical (unpaired) electrons. The second-order valence-corrected chi connectivity index (χ2v) is 11.2. The second kappa shape index (κ2) is 12.6. The predicted octanol–water partition coefficient (Wildman–Crippen LogP) is 5.09. The van der Waals surface area contributed by atoms with Gasteiger partial charge in [0.2, 0.25) is 5.95 Å². The number of nitrogens with zero attached hydrogens (tertiary/aromatic N) is 3. The van der Waals surface area contributed by atoms with Crippen LogP contribution in [0.1, 0.15) is 78.5 Å². The van der Waals surface area contributed by atoms with Gasteiger partial charge < -0.3 is 21.1 Å². The number of rotatable bonds is 8. The molecule has 210 valence electrons. The van der Waals surface area contributed by atoms with Crippen molar-refractivity contribution in [3.8, 4) is 11.8 Å². The number of nitrogens with one attached hydrogen (secondary N) is 3. The summed E-state index contributed by atoms with van der Waals surface area (Å²) in [6.07, 6.45) is 12.9. The number of benzene rings is 1. The normalized spacial score (nSPS) is 20.4. The molecule has 2 aliphatic carbocycles. The monoisotopic (exact) mass is 548 g/mol. The van der Waals surface area contributed by atoms with Crippen LogP contribution >= 0.6 is 0 Å². The van der Waals surface area contributed by atoms with E-state index in [4.69, 9.17) is 4.98 Å². The number of Topliss-reactive ketones (excluding diaryl/α,β-unsaturated/α-hetero) is 1. The Kier molecular flexibility index (Phi) is 8.36. The molecule has 8 heteroatoms. The molecule has 4 N–H and O–H groups in total. The summed E-state index contributed by atoms with van der Waals surface area (Å²) in [5, 5.41) is 20.3. The maximum absolute atomic E-state index is 12.4. The summed E-state index contributed by atoms with van der Waals surface area (Å²) >= 11 is 0. The third kappa shape index (κ3) is 7.37. The molecule has 0 amide bonds. The van der Waals surface area contributed by atoms with Gasteiger partial charge >= 0.3 is 0 Å². The smallest absolute Gasteiger partial charge is 0.229 e. The topological polar surface area (TPSA) is 112 Å². The highest BCUT2D eigenvalue weighted by atomic mass is 16.3. The molecule has 8 nitrogen and oxygen atoms in total. The van der Waals surface area contributed by atoms with Gasteiger partial charge in [0.05, 0.1) is 6.10 Å². The van der Waals surface area contributed by atoms with Gasteiger partial charge in [-0.15, -0.1) is 0 Å². The van der Waals surface area contributed by atoms with E-state index in [0.29, 0.717) is 29.5 Å². The molecular weight excluding hydrogens is 512 g/mol. The fraction of sp³-hybridized carbons (Fsp3) is 0.394. The average molecular weight is 549 g/mol. The lowest BCUT2D eigenvalue weighted by atomic mass is 9.93. The fourth-order valence-electron chi connectivity index (χ4n) is 5.34. The molecule has 2 saturated carbocycles. The van der Waals surface area contributed by atoms with Crippen molar-refractivity contribution in [2.24, 2.45) is 5.92 Å². The molecule has 3 aliphatic rings. The third-order valence-electron chi connectivity index (χ3n) is 7.97. The number of hydrogen-bond donors (Lipinski definition) is 4. The number of aliphatic hydroxyl groups excluding tert-OH is 1. The van der Waals surface area contributed by atoms with E-state index in [1.807, 2.05) is 30.5 Å². The van der Waals surface area contributed by atoms with Crippen molar-refractivity contribution in [3.63, 3.8) is 0 Å². The Morgan fingerprint density at radius 1 is 1.02 bits per heavy atom. The first kappa shape index (κ1) is 27.1. The number of aliphatic hydroxyl groups is 1. The molecule has 0 atom stereocenters. The Hall–Kier alpha value is -4.06. The lowest BCUT2D eigenvalue weighted by Gasteiger charge is -2.28. The van der Waals surface area contributed by atoms with Gasteiger partial charge in [0.15, 0.2) is 5.78 Å². The number of carbonyl (C=O) groups excluding carboxylic acids is 1. The lowest BCUT2D eigenvalue weighted by molar-refractivity contribution is 0.0976. The first-order valence-corrected chi connectivity index (χ1v) is 14.7. The molecular formula is C33H36N6O2. The fourth-order valence-corrected chi connectivity index (χ4v) is 5.34. The number of pyridine rings is 1. The molecule has 3 heterocycles. The first-order chi connectivity index (χ1) is 20.1. The third-order valence-corrected chi connectivity index (χ3v) is 7.97. The minimum Gasteiger partial charge on any atom is -0.393 e. The highest BCUT2D eigenvalue weighted by molar-refractivity contribution is 5.96. The van der Waals surface area contributed by atoms with Crippen molar-refractivity contribution in [2.75, 3.05) is 23.7 Å². The Bertz CT molecular complexity index is 1480. The molecule has 2 aromatic heterocycles. The van der Waals surface area contributed by atoms with Gasteiger partial charge in [-0.25, -0.2) is 9.97 Å². The Balaban J connectivity index is 1.14. The predicted molar refractivity (Wildman–Crippen MR) is 161 cm³/mol. The molecule has 0 bridgehead atoms. The summed E-state index contributed by atoms with van der Waals surface area (Å²) in [7, 11) is 0. The Labute approximate surface area is 241 Å². The van der Waals surface area contributed by atoms with Gasteiger partial charge in [-0.3, -0.25) is 4.79 Å². The van der Waals surface area contributed by atoms with Gasteiger partial charge in [0.25, 0.3) is 0 Å². The lowest BCUT2D eigenvalue weighted by Crippen LogP contribution is -2.29. The highest BCUT2D eigenvalue weighted by Gasteiger charge is 2.25. The summed E-state index contributed by atoms with van der Waals surface area (Å²) in [5.41, 5.74) is 5.29. The number of aromatic nitrogens is 3. The molecule has 2 fully saturated rings. The average Bonchev–Trinajstić information content (AvgIpc) is 3.83. The zero-order valence-electron chi connectivity index (χ0n) is 23.2. The van der Waals surface area contributed by atoms with Gasteiger partial charge in [-0.1, -0.05) is 12.0 Å². The van der Waals surface area contributed by atoms with Gasteiger partial charge in [-0.2, -0.15) is 4.98 Å². The molecule has 6 rings (SSSR count). The van der Waals surface area contributed by atoms with Crippen molar-refractivity contribution < 1.29 is 9.90 Å². The van der Waals surface area contributed by atoms with Crippen LogP contribution in [0.15, 0.2) is 54.9 Å². The van der Waals surface area contributed by atoms with Gasteiger partial charge in [-0.05, 0) is 105 Å². The maximum atomic E-state index is 12.4. The summed E-state index contributed by atoms with van der Waals surface area (Å²) in [6, 6.07) is 11.6. The van der Waals surface area contributed by atoms with Crippen LogP contribution in [-0.4, -0.2) is 51.1 Å². The Morgan fingerprint density at radius 3 is 2.61 bits per heavy atom. The van der Waals surface area contributed by atoms with Crippen LogP contribution in [0.4, 0.5) is 17.5 Å². The molecule has 0 spiro atoms. The standard InChI is InChI=1S/C33H36N6O2/c40-29-11-9-26(10-12-29)37-32-30(24-13-16-34-17-14-24)21-36-33(39-32)38-27-6-3-22(4-7-27)5-8-28-20-25(15-18-35-28)31(41)19-23-1-2-23/h3-4,6-7,13,15,18,20-21,23,26,29,34,40H,1-2,9-12,14,16-17,19H2,(H2,36,37,38,39). The van der Waals surface area contributed by atoms with E-state index in [0.717, 1.165) is 80.7 Å². The van der Waals surface area contributed by atoms with Crippen molar-refractivity contribution >= 4 is 28.8 Å². The Morgan fingerprint density at radius 2 is 1.85 bits per heavy atom. The van der Waals surface area contributed by atoms with Crippen LogP contribution in [0.25, 0.3) is 5.57 Å².